The molecule has 3 rings (SSSR count). The van der Waals surface area contributed by atoms with Crippen LogP contribution >= 0.6 is 11.8 Å². The van der Waals surface area contributed by atoms with E-state index in [1.54, 1.807) is 18.2 Å². The Balaban J connectivity index is 1.86. The number of amides is 1. The van der Waals surface area contributed by atoms with Crippen molar-refractivity contribution >= 4 is 44.6 Å². The Morgan fingerprint density at radius 1 is 1.19 bits per heavy atom. The number of hydrogen-bond donors (Lipinski definition) is 1. The van der Waals surface area contributed by atoms with Gasteiger partial charge in [0.25, 0.3) is 21.6 Å². The third-order valence-corrected chi connectivity index (χ3v) is 5.87. The van der Waals surface area contributed by atoms with Crippen molar-refractivity contribution in [1.82, 2.24) is 5.32 Å². The van der Waals surface area contributed by atoms with E-state index < -0.39 is 20.9 Å². The lowest BCUT2D eigenvalue weighted by Crippen LogP contribution is -2.20. The van der Waals surface area contributed by atoms with Gasteiger partial charge in [-0.1, -0.05) is 29.8 Å². The predicted octanol–water partition coefficient (Wildman–Crippen LogP) is 2.85. The largest absolute Gasteiger partial charge is 0.300 e. The van der Waals surface area contributed by atoms with Crippen molar-refractivity contribution < 1.29 is 18.1 Å². The maximum absolute atomic E-state index is 12.3. The molecular weight excluding hydrogens is 390 g/mol. The predicted molar refractivity (Wildman–Crippen MR) is 103 cm³/mol. The number of amidine groups is 1. The molecule has 0 aliphatic carbocycles. The lowest BCUT2D eigenvalue weighted by molar-refractivity contribution is -0.384. The van der Waals surface area contributed by atoms with E-state index in [1.165, 1.54) is 36.4 Å². The SMILES string of the molecule is Cc1ccc(S(=O)(=O)N=C2NC(=O)C(=Cc3cccc([N+](=O)[O-])c3)S2)cc1. The molecule has 8 nitrogen and oxygen atoms in total. The third kappa shape index (κ3) is 4.41. The monoisotopic (exact) mass is 403 g/mol. The van der Waals surface area contributed by atoms with Gasteiger partial charge in [-0.15, -0.1) is 4.40 Å². The van der Waals surface area contributed by atoms with Crippen LogP contribution in [0.25, 0.3) is 6.08 Å². The molecule has 0 atom stereocenters. The van der Waals surface area contributed by atoms with Crippen LogP contribution in [0.3, 0.4) is 0 Å². The molecule has 1 aliphatic rings. The second-order valence-electron chi connectivity index (χ2n) is 5.60. The summed E-state index contributed by atoms with van der Waals surface area (Å²) in [5.74, 6) is -0.524. The number of nitrogens with one attached hydrogen (secondary N) is 1. The number of sulfonamides is 1. The molecule has 0 unspecified atom stereocenters. The Morgan fingerprint density at radius 2 is 1.89 bits per heavy atom. The fourth-order valence-electron chi connectivity index (χ4n) is 2.22. The zero-order valence-electron chi connectivity index (χ0n) is 13.9. The summed E-state index contributed by atoms with van der Waals surface area (Å²) in [4.78, 5) is 22.6. The molecule has 1 fully saturated rings. The zero-order chi connectivity index (χ0) is 19.6. The molecule has 0 bridgehead atoms. The summed E-state index contributed by atoms with van der Waals surface area (Å²) in [7, 11) is -3.96. The van der Waals surface area contributed by atoms with Crippen LogP contribution in [0, 0.1) is 17.0 Å². The van der Waals surface area contributed by atoms with Crippen molar-refractivity contribution in [2.45, 2.75) is 11.8 Å². The number of nitro benzene ring substituents is 1. The minimum atomic E-state index is -3.96. The quantitative estimate of drug-likeness (QED) is 0.476. The van der Waals surface area contributed by atoms with E-state index in [0.29, 0.717) is 5.56 Å². The third-order valence-electron chi connectivity index (χ3n) is 3.55. The van der Waals surface area contributed by atoms with Crippen LogP contribution in [0.4, 0.5) is 5.69 Å². The van der Waals surface area contributed by atoms with Crippen LogP contribution in [-0.4, -0.2) is 24.4 Å². The highest BCUT2D eigenvalue weighted by Crippen LogP contribution is 2.28. The molecule has 0 saturated carbocycles. The van der Waals surface area contributed by atoms with Crippen LogP contribution in [-0.2, 0) is 14.8 Å². The van der Waals surface area contributed by atoms with Crippen molar-refractivity contribution in [2.75, 3.05) is 0 Å². The van der Waals surface area contributed by atoms with Gasteiger partial charge < -0.3 is 0 Å². The molecule has 138 valence electrons. The maximum Gasteiger partial charge on any atom is 0.284 e. The molecule has 0 aromatic heterocycles. The van der Waals surface area contributed by atoms with Crippen molar-refractivity contribution in [2.24, 2.45) is 4.40 Å². The highest BCUT2D eigenvalue weighted by molar-refractivity contribution is 8.19. The minimum Gasteiger partial charge on any atom is -0.300 e. The molecule has 2 aromatic carbocycles. The molecule has 0 spiro atoms. The number of carbonyl (C=O) groups is 1. The van der Waals surface area contributed by atoms with E-state index in [0.717, 1.165) is 17.3 Å². The summed E-state index contributed by atoms with van der Waals surface area (Å²) < 4.78 is 28.4. The Bertz CT molecular complexity index is 1090. The first-order valence-corrected chi connectivity index (χ1v) is 9.87. The van der Waals surface area contributed by atoms with E-state index in [-0.39, 0.29) is 20.7 Å². The summed E-state index contributed by atoms with van der Waals surface area (Å²) >= 11 is 0.854. The first-order chi connectivity index (χ1) is 12.7. The maximum atomic E-state index is 12.3. The van der Waals surface area contributed by atoms with Gasteiger partial charge in [0.05, 0.1) is 14.7 Å². The average molecular weight is 403 g/mol. The summed E-state index contributed by atoms with van der Waals surface area (Å²) in [6.07, 6.45) is 1.44. The van der Waals surface area contributed by atoms with E-state index >= 15 is 0 Å². The van der Waals surface area contributed by atoms with E-state index in [9.17, 15) is 23.3 Å². The number of non-ortho nitro benzene ring substituents is 1. The Hall–Kier alpha value is -2.98. The lowest BCUT2D eigenvalue weighted by Gasteiger charge is -2.00. The first kappa shape index (κ1) is 18.8. The topological polar surface area (TPSA) is 119 Å². The standard InChI is InChI=1S/C17H13N3O5S2/c1-11-5-7-14(8-6-11)27(24,25)19-17-18-16(21)15(26-17)10-12-3-2-4-13(9-12)20(22)23/h2-10H,1H3,(H,18,19,21). The summed E-state index contributed by atoms with van der Waals surface area (Å²) in [5.41, 5.74) is 1.25. The van der Waals surface area contributed by atoms with E-state index in [2.05, 4.69) is 9.71 Å². The van der Waals surface area contributed by atoms with Crippen molar-refractivity contribution in [3.05, 3.63) is 74.7 Å². The molecule has 1 N–H and O–H groups in total. The van der Waals surface area contributed by atoms with Crippen molar-refractivity contribution in [1.29, 1.82) is 0 Å². The molecule has 1 saturated heterocycles. The fraction of sp³-hybridized carbons (Fsp3) is 0.0588. The second kappa shape index (κ2) is 7.33. The van der Waals surface area contributed by atoms with Crippen LogP contribution < -0.4 is 5.32 Å². The molecule has 1 heterocycles. The number of nitro groups is 1. The molecule has 27 heavy (non-hydrogen) atoms. The van der Waals surface area contributed by atoms with Gasteiger partial charge in [0, 0.05) is 12.1 Å². The van der Waals surface area contributed by atoms with Gasteiger partial charge in [-0.05, 0) is 42.5 Å². The number of benzene rings is 2. The lowest BCUT2D eigenvalue weighted by atomic mass is 10.2. The number of nitrogens with zero attached hydrogens (tertiary/aromatic N) is 2. The van der Waals surface area contributed by atoms with Gasteiger partial charge in [0.2, 0.25) is 0 Å². The summed E-state index contributed by atoms with van der Waals surface area (Å²) in [6.45, 7) is 1.83. The molecule has 1 aliphatic heterocycles. The molecular formula is C17H13N3O5S2. The summed E-state index contributed by atoms with van der Waals surface area (Å²) in [5, 5.41) is 13.2. The molecule has 0 radical (unpaired) electrons. The zero-order valence-corrected chi connectivity index (χ0v) is 15.6. The smallest absolute Gasteiger partial charge is 0.284 e. The Labute approximate surface area is 159 Å². The van der Waals surface area contributed by atoms with Gasteiger partial charge in [0.15, 0.2) is 5.17 Å². The van der Waals surface area contributed by atoms with Gasteiger partial charge in [-0.2, -0.15) is 8.42 Å². The van der Waals surface area contributed by atoms with Crippen molar-refractivity contribution in [3.63, 3.8) is 0 Å². The van der Waals surface area contributed by atoms with Gasteiger partial charge in [-0.3, -0.25) is 20.2 Å². The van der Waals surface area contributed by atoms with Gasteiger partial charge in [0.1, 0.15) is 0 Å². The summed E-state index contributed by atoms with van der Waals surface area (Å²) in [6, 6.07) is 11.9. The highest BCUT2D eigenvalue weighted by Gasteiger charge is 2.26. The highest BCUT2D eigenvalue weighted by atomic mass is 32.2. The number of thioether (sulfide) groups is 1. The number of hydrogen-bond acceptors (Lipinski definition) is 6. The average Bonchev–Trinajstić information content (AvgIpc) is 2.93. The van der Waals surface area contributed by atoms with Crippen LogP contribution in [0.2, 0.25) is 0 Å². The molecule has 10 heteroatoms. The number of aryl methyl sites for hydroxylation is 1. The minimum absolute atomic E-state index is 0.0200. The van der Waals surface area contributed by atoms with E-state index in [4.69, 9.17) is 0 Å². The van der Waals surface area contributed by atoms with Crippen molar-refractivity contribution in [3.8, 4) is 0 Å². The number of carbonyl (C=O) groups excluding carboxylic acids is 1. The Morgan fingerprint density at radius 3 is 2.56 bits per heavy atom. The first-order valence-electron chi connectivity index (χ1n) is 7.61. The molecule has 1 amide bonds. The second-order valence-corrected chi connectivity index (χ2v) is 8.24. The Kier molecular flexibility index (Phi) is 5.10. The van der Waals surface area contributed by atoms with E-state index in [1.807, 2.05) is 6.92 Å². The normalized spacial score (nSPS) is 17.3. The number of rotatable bonds is 4. The fourth-order valence-corrected chi connectivity index (χ4v) is 4.21. The molecule has 2 aromatic rings. The van der Waals surface area contributed by atoms with Crippen LogP contribution in [0.15, 0.2) is 62.7 Å². The van der Waals surface area contributed by atoms with Crippen LogP contribution in [0.1, 0.15) is 11.1 Å². The van der Waals surface area contributed by atoms with Gasteiger partial charge >= 0.3 is 0 Å². The van der Waals surface area contributed by atoms with Crippen LogP contribution in [0.5, 0.6) is 0 Å². The van der Waals surface area contributed by atoms with Gasteiger partial charge in [-0.25, -0.2) is 0 Å².